The van der Waals surface area contributed by atoms with Crippen LogP contribution in [0.3, 0.4) is 0 Å². The van der Waals surface area contributed by atoms with Crippen LogP contribution < -0.4 is 34.7 Å². The minimum absolute atomic E-state index is 0. The summed E-state index contributed by atoms with van der Waals surface area (Å²) < 4.78 is 54.3. The monoisotopic (exact) mass is 464 g/mol. The van der Waals surface area contributed by atoms with E-state index in [-0.39, 0.29) is 65.2 Å². The Balaban J connectivity index is 0.00000320. The van der Waals surface area contributed by atoms with Gasteiger partial charge in [0, 0.05) is 16.6 Å². The largest absolute Gasteiger partial charge is 1.00 e. The molecule has 0 spiro atoms. The number of carboxylic acids is 1. The number of hydrogen-bond donors (Lipinski definition) is 0. The predicted octanol–water partition coefficient (Wildman–Crippen LogP) is 1.01. The van der Waals surface area contributed by atoms with Crippen molar-refractivity contribution in [2.75, 3.05) is 0 Å². The summed E-state index contributed by atoms with van der Waals surface area (Å²) >= 11 is 5.87. The summed E-state index contributed by atoms with van der Waals surface area (Å²) in [6.07, 6.45) is 1.15. The molecule has 1 aliphatic carbocycles. The fourth-order valence-electron chi connectivity index (χ4n) is 4.12. The van der Waals surface area contributed by atoms with Gasteiger partial charge in [-0.05, 0) is 86.9 Å². The van der Waals surface area contributed by atoms with Crippen LogP contribution in [0, 0.1) is 17.6 Å². The fourth-order valence-corrected chi connectivity index (χ4v) is 6.41. The van der Waals surface area contributed by atoms with Crippen LogP contribution in [-0.4, -0.2) is 14.4 Å². The molecule has 3 rings (SSSR count). The molecule has 1 aliphatic rings. The Morgan fingerprint density at radius 3 is 2.27 bits per heavy atom. The first kappa shape index (κ1) is 25.3. The quantitative estimate of drug-likeness (QED) is 0.598. The molecular weight excluding hydrogens is 445 g/mol. The van der Waals surface area contributed by atoms with Crippen LogP contribution in [0.2, 0.25) is 5.02 Å². The number of halogens is 3. The Bertz CT molecular complexity index is 1000. The molecule has 2 aromatic carbocycles. The Labute approximate surface area is 201 Å². The minimum Gasteiger partial charge on any atom is -0.550 e. The first-order chi connectivity index (χ1) is 13.7. The first-order valence-electron chi connectivity index (χ1n) is 9.31. The van der Waals surface area contributed by atoms with Crippen molar-refractivity contribution < 1.29 is 56.7 Å². The van der Waals surface area contributed by atoms with E-state index in [1.807, 2.05) is 0 Å². The topological polar surface area (TPSA) is 74.3 Å². The maximum atomic E-state index is 14.7. The maximum absolute atomic E-state index is 14.7. The minimum atomic E-state index is -4.08. The van der Waals surface area contributed by atoms with Crippen molar-refractivity contribution in [1.29, 1.82) is 0 Å². The zero-order valence-corrected chi connectivity index (χ0v) is 20.1. The molecule has 0 saturated heterocycles. The molecule has 1 saturated carbocycles. The van der Waals surface area contributed by atoms with E-state index in [0.29, 0.717) is 24.3 Å². The summed E-state index contributed by atoms with van der Waals surface area (Å²) in [6.45, 7) is 0. The molecule has 0 N–H and O–H groups in total. The number of aliphatic carboxylic acids is 1. The van der Waals surface area contributed by atoms with E-state index in [4.69, 9.17) is 11.6 Å². The van der Waals surface area contributed by atoms with Crippen LogP contribution in [0.25, 0.3) is 0 Å². The number of carboxylic acid groups (broad SMARTS) is 1. The summed E-state index contributed by atoms with van der Waals surface area (Å²) in [5, 5.41) is 11.1. The Morgan fingerprint density at radius 2 is 1.70 bits per heavy atom. The van der Waals surface area contributed by atoms with E-state index in [2.05, 4.69) is 0 Å². The van der Waals surface area contributed by atoms with Crippen molar-refractivity contribution in [2.45, 2.75) is 48.2 Å². The summed E-state index contributed by atoms with van der Waals surface area (Å²) in [4.78, 5) is 10.7. The van der Waals surface area contributed by atoms with Gasteiger partial charge in [0.2, 0.25) is 0 Å². The second kappa shape index (κ2) is 10.1. The van der Waals surface area contributed by atoms with Gasteiger partial charge in [-0.1, -0.05) is 11.6 Å². The van der Waals surface area contributed by atoms with E-state index in [0.717, 1.165) is 18.2 Å². The van der Waals surface area contributed by atoms with Gasteiger partial charge in [0.05, 0.1) is 4.90 Å². The van der Waals surface area contributed by atoms with Crippen molar-refractivity contribution in [2.24, 2.45) is 5.92 Å². The molecule has 0 aromatic heterocycles. The molecule has 4 nitrogen and oxygen atoms in total. The molecule has 0 atom stereocenters. The molecule has 156 valence electrons. The number of benzene rings is 2. The number of hydrogen-bond acceptors (Lipinski definition) is 4. The third-order valence-electron chi connectivity index (χ3n) is 5.73. The number of carbonyl (C=O) groups excluding carboxylic acids is 1. The molecule has 0 radical (unpaired) electrons. The van der Waals surface area contributed by atoms with Crippen LogP contribution in [0.4, 0.5) is 8.78 Å². The third kappa shape index (κ3) is 5.07. The standard InChI is InChI=1S/C21H21ClF2O4S.Na/c22-15-2-5-17(6-3-15)29(27,28)21(18-13-16(23)4-7-19(18)24)11-9-14(10-12-21)1-8-20(25)26;/h2-7,13-14H,1,8-12H2,(H,25,26);/q;+1/p-1/t14-,21+;. The van der Waals surface area contributed by atoms with E-state index < -0.39 is 32.2 Å². The van der Waals surface area contributed by atoms with Gasteiger partial charge in [-0.2, -0.15) is 0 Å². The molecule has 2 aromatic rings. The van der Waals surface area contributed by atoms with Gasteiger partial charge in [-0.3, -0.25) is 0 Å². The van der Waals surface area contributed by atoms with E-state index in [1.54, 1.807) is 0 Å². The number of carbonyl (C=O) groups is 1. The summed E-state index contributed by atoms with van der Waals surface area (Å²) in [6, 6.07) is 8.44. The molecule has 0 amide bonds. The van der Waals surface area contributed by atoms with Crippen LogP contribution in [-0.2, 0) is 19.4 Å². The first-order valence-corrected chi connectivity index (χ1v) is 11.2. The van der Waals surface area contributed by atoms with Gasteiger partial charge in [0.25, 0.3) is 0 Å². The fraction of sp³-hybridized carbons (Fsp3) is 0.381. The predicted molar refractivity (Wildman–Crippen MR) is 103 cm³/mol. The molecule has 0 bridgehead atoms. The second-order valence-corrected chi connectivity index (χ2v) is 10.1. The Hall–Kier alpha value is -0.990. The summed E-state index contributed by atoms with van der Waals surface area (Å²) in [5.74, 6) is -2.67. The van der Waals surface area contributed by atoms with Crippen molar-refractivity contribution in [3.63, 3.8) is 0 Å². The summed E-state index contributed by atoms with van der Waals surface area (Å²) in [7, 11) is -4.08. The van der Waals surface area contributed by atoms with Gasteiger partial charge in [0.15, 0.2) is 9.84 Å². The van der Waals surface area contributed by atoms with Crippen LogP contribution in [0.1, 0.15) is 44.1 Å². The molecule has 1 fully saturated rings. The van der Waals surface area contributed by atoms with Crippen LogP contribution in [0.5, 0.6) is 0 Å². The molecule has 30 heavy (non-hydrogen) atoms. The Morgan fingerprint density at radius 1 is 1.10 bits per heavy atom. The van der Waals surface area contributed by atoms with Crippen molar-refractivity contribution >= 4 is 27.4 Å². The van der Waals surface area contributed by atoms with Gasteiger partial charge in [0.1, 0.15) is 16.4 Å². The van der Waals surface area contributed by atoms with Crippen LogP contribution in [0.15, 0.2) is 47.4 Å². The smallest absolute Gasteiger partial charge is 0.550 e. The Kier molecular flexibility index (Phi) is 8.50. The number of sulfone groups is 1. The van der Waals surface area contributed by atoms with Crippen molar-refractivity contribution in [3.8, 4) is 0 Å². The summed E-state index contributed by atoms with van der Waals surface area (Å²) in [5.41, 5.74) is -0.189. The molecule has 0 aliphatic heterocycles. The average molecular weight is 465 g/mol. The number of rotatable bonds is 6. The van der Waals surface area contributed by atoms with Gasteiger partial charge >= 0.3 is 29.6 Å². The third-order valence-corrected chi connectivity index (χ3v) is 8.53. The zero-order valence-electron chi connectivity index (χ0n) is 16.5. The normalized spacial score (nSPS) is 21.6. The zero-order chi connectivity index (χ0) is 21.2. The van der Waals surface area contributed by atoms with Gasteiger partial charge in [-0.15, -0.1) is 0 Å². The van der Waals surface area contributed by atoms with E-state index in [1.165, 1.54) is 24.3 Å². The second-order valence-electron chi connectivity index (χ2n) is 7.43. The average Bonchev–Trinajstić information content (AvgIpc) is 2.69. The van der Waals surface area contributed by atoms with Crippen LogP contribution >= 0.6 is 11.6 Å². The van der Waals surface area contributed by atoms with E-state index >= 15 is 0 Å². The van der Waals surface area contributed by atoms with Crippen molar-refractivity contribution in [3.05, 3.63) is 64.7 Å². The molecule has 0 unspecified atom stereocenters. The maximum Gasteiger partial charge on any atom is 1.00 e. The SMILES string of the molecule is O=C([O-])CC[C@H]1CC[C@@](c2cc(F)ccc2F)(S(=O)(=O)c2ccc(Cl)cc2)CC1.[Na+]. The van der Waals surface area contributed by atoms with Gasteiger partial charge in [-0.25, -0.2) is 17.2 Å². The van der Waals surface area contributed by atoms with Crippen molar-refractivity contribution in [1.82, 2.24) is 0 Å². The van der Waals surface area contributed by atoms with E-state index in [9.17, 15) is 27.1 Å². The molecule has 0 heterocycles. The molecule has 9 heteroatoms. The van der Waals surface area contributed by atoms with Gasteiger partial charge < -0.3 is 9.90 Å². The molecular formula is C21H20ClF2NaO4S.